The molecule has 0 bridgehead atoms. The quantitative estimate of drug-likeness (QED) is 0.541. The number of sulfone groups is 1. The van der Waals surface area contributed by atoms with Crippen molar-refractivity contribution < 1.29 is 22.5 Å². The minimum Gasteiger partial charge on any atom is -0.336 e. The lowest BCUT2D eigenvalue weighted by atomic mass is 10.1. The van der Waals surface area contributed by atoms with E-state index in [0.29, 0.717) is 26.2 Å². The number of amides is 1. The Morgan fingerprint density at radius 2 is 1.83 bits per heavy atom. The number of nitrogens with zero attached hydrogens (tertiary/aromatic N) is 3. The van der Waals surface area contributed by atoms with Gasteiger partial charge in [0.25, 0.3) is 11.6 Å². The fraction of sp³-hybridized carbons (Fsp3) is 0.316. The number of hydrogen-bond acceptors (Lipinski definition) is 6. The molecule has 1 saturated heterocycles. The van der Waals surface area contributed by atoms with Crippen LogP contribution in [0.1, 0.15) is 15.9 Å². The van der Waals surface area contributed by atoms with Crippen LogP contribution in [0.25, 0.3) is 0 Å². The van der Waals surface area contributed by atoms with Gasteiger partial charge in [0, 0.05) is 37.8 Å². The Morgan fingerprint density at radius 3 is 2.45 bits per heavy atom. The summed E-state index contributed by atoms with van der Waals surface area (Å²) >= 11 is 0. The van der Waals surface area contributed by atoms with Gasteiger partial charge < -0.3 is 9.80 Å². The molecule has 10 heteroatoms. The summed E-state index contributed by atoms with van der Waals surface area (Å²) in [5.41, 5.74) is -0.427. The molecule has 2 aromatic rings. The first kappa shape index (κ1) is 20.9. The van der Waals surface area contributed by atoms with Crippen molar-refractivity contribution in [2.45, 2.75) is 10.6 Å². The van der Waals surface area contributed by atoms with E-state index in [4.69, 9.17) is 0 Å². The maximum Gasteiger partial charge on any atom is 0.288 e. The summed E-state index contributed by atoms with van der Waals surface area (Å²) in [4.78, 5) is 26.5. The van der Waals surface area contributed by atoms with Crippen LogP contribution < -0.4 is 0 Å². The highest BCUT2D eigenvalue weighted by molar-refractivity contribution is 7.90. The monoisotopic (exact) mass is 421 g/mol. The number of carbonyl (C=O) groups is 1. The molecular weight excluding hydrogens is 401 g/mol. The Hall–Kier alpha value is -2.85. The minimum atomic E-state index is -4.12. The van der Waals surface area contributed by atoms with Gasteiger partial charge in [-0.3, -0.25) is 14.9 Å². The van der Waals surface area contributed by atoms with Crippen LogP contribution in [0.4, 0.5) is 10.1 Å². The van der Waals surface area contributed by atoms with Gasteiger partial charge in [-0.05, 0) is 36.9 Å². The van der Waals surface area contributed by atoms with Gasteiger partial charge in [-0.1, -0.05) is 12.1 Å². The summed E-state index contributed by atoms with van der Waals surface area (Å²) < 4.78 is 38.8. The Labute approximate surface area is 167 Å². The molecule has 0 aliphatic carbocycles. The SMILES string of the molecule is CN1CCN(C(=O)c2ccc(S(=O)(=O)Cc3cccc(F)c3)c([N+](=O)[O-])c2)CC1. The third-order valence-electron chi connectivity index (χ3n) is 4.77. The number of nitro benzene ring substituents is 1. The standard InChI is InChI=1S/C19H20FN3O5S/c1-21-7-9-22(10-8-21)19(24)15-5-6-18(17(12-15)23(25)26)29(27,28)13-14-3-2-4-16(20)11-14/h2-6,11-12H,7-10,13H2,1H3. The van der Waals surface area contributed by atoms with E-state index in [1.165, 1.54) is 24.3 Å². The Bertz CT molecular complexity index is 1050. The predicted octanol–water partition coefficient (Wildman–Crippen LogP) is 2.10. The second kappa shape index (κ2) is 8.26. The number of halogens is 1. The van der Waals surface area contributed by atoms with Crippen LogP contribution in [0.3, 0.4) is 0 Å². The largest absolute Gasteiger partial charge is 0.336 e. The Kier molecular flexibility index (Phi) is 5.94. The van der Waals surface area contributed by atoms with E-state index in [0.717, 1.165) is 18.2 Å². The maximum atomic E-state index is 13.3. The van der Waals surface area contributed by atoms with Crippen molar-refractivity contribution in [1.82, 2.24) is 9.80 Å². The van der Waals surface area contributed by atoms with Crippen LogP contribution in [0.5, 0.6) is 0 Å². The van der Waals surface area contributed by atoms with Crippen molar-refractivity contribution in [3.05, 3.63) is 69.5 Å². The van der Waals surface area contributed by atoms with E-state index >= 15 is 0 Å². The average Bonchev–Trinajstić information content (AvgIpc) is 2.67. The number of likely N-dealkylation sites (N-methyl/N-ethyl adjacent to an activating group) is 1. The summed E-state index contributed by atoms with van der Waals surface area (Å²) in [5, 5.41) is 11.5. The van der Waals surface area contributed by atoms with Crippen LogP contribution in [-0.2, 0) is 15.6 Å². The van der Waals surface area contributed by atoms with E-state index < -0.39 is 36.9 Å². The molecule has 0 saturated carbocycles. The fourth-order valence-electron chi connectivity index (χ4n) is 3.17. The molecule has 0 N–H and O–H groups in total. The van der Waals surface area contributed by atoms with E-state index in [1.54, 1.807) is 4.90 Å². The zero-order chi connectivity index (χ0) is 21.2. The average molecular weight is 421 g/mol. The van der Waals surface area contributed by atoms with Gasteiger partial charge in [0.05, 0.1) is 10.7 Å². The van der Waals surface area contributed by atoms with E-state index in [1.807, 2.05) is 7.05 Å². The van der Waals surface area contributed by atoms with Crippen molar-refractivity contribution in [3.8, 4) is 0 Å². The third-order valence-corrected chi connectivity index (χ3v) is 6.50. The van der Waals surface area contributed by atoms with E-state index in [-0.39, 0.29) is 17.0 Å². The van der Waals surface area contributed by atoms with Gasteiger partial charge >= 0.3 is 0 Å². The second-order valence-corrected chi connectivity index (χ2v) is 8.88. The molecule has 0 unspecified atom stereocenters. The minimum absolute atomic E-state index is 0.0611. The van der Waals surface area contributed by atoms with Crippen molar-refractivity contribution in [2.24, 2.45) is 0 Å². The number of hydrogen-bond donors (Lipinski definition) is 0. The van der Waals surface area contributed by atoms with Crippen LogP contribution in [0.15, 0.2) is 47.4 Å². The van der Waals surface area contributed by atoms with Gasteiger partial charge in [-0.15, -0.1) is 0 Å². The predicted molar refractivity (Wildman–Crippen MR) is 104 cm³/mol. The molecule has 3 rings (SSSR count). The lowest BCUT2D eigenvalue weighted by Gasteiger charge is -2.32. The maximum absolute atomic E-state index is 13.3. The molecule has 8 nitrogen and oxygen atoms in total. The van der Waals surface area contributed by atoms with Crippen LogP contribution >= 0.6 is 0 Å². The molecule has 0 atom stereocenters. The zero-order valence-corrected chi connectivity index (χ0v) is 16.6. The first-order valence-electron chi connectivity index (χ1n) is 8.91. The van der Waals surface area contributed by atoms with Crippen LogP contribution in [0.2, 0.25) is 0 Å². The number of rotatable bonds is 5. The van der Waals surface area contributed by atoms with Gasteiger partial charge in [-0.25, -0.2) is 12.8 Å². The number of benzene rings is 2. The third kappa shape index (κ3) is 4.77. The Balaban J connectivity index is 1.91. The fourth-order valence-corrected chi connectivity index (χ4v) is 4.67. The highest BCUT2D eigenvalue weighted by atomic mass is 32.2. The van der Waals surface area contributed by atoms with Crippen molar-refractivity contribution in [2.75, 3.05) is 33.2 Å². The summed E-state index contributed by atoms with van der Waals surface area (Å²) in [5.74, 6) is -1.56. The lowest BCUT2D eigenvalue weighted by molar-refractivity contribution is -0.387. The van der Waals surface area contributed by atoms with E-state index in [9.17, 15) is 27.7 Å². The Morgan fingerprint density at radius 1 is 1.14 bits per heavy atom. The molecule has 0 radical (unpaired) electrons. The molecule has 1 fully saturated rings. The first-order valence-corrected chi connectivity index (χ1v) is 10.6. The number of carbonyl (C=O) groups excluding carboxylic acids is 1. The van der Waals surface area contributed by atoms with Crippen molar-refractivity contribution in [3.63, 3.8) is 0 Å². The molecule has 2 aromatic carbocycles. The summed E-state index contributed by atoms with van der Waals surface area (Å²) in [6.07, 6.45) is 0. The summed E-state index contributed by atoms with van der Waals surface area (Å²) in [7, 11) is -2.18. The highest BCUT2D eigenvalue weighted by Crippen LogP contribution is 2.28. The second-order valence-electron chi connectivity index (χ2n) is 6.92. The van der Waals surface area contributed by atoms with Gasteiger partial charge in [0.1, 0.15) is 10.7 Å². The van der Waals surface area contributed by atoms with Gasteiger partial charge in [0.2, 0.25) is 0 Å². The van der Waals surface area contributed by atoms with Crippen LogP contribution in [0, 0.1) is 15.9 Å². The lowest BCUT2D eigenvalue weighted by Crippen LogP contribution is -2.47. The number of piperazine rings is 1. The highest BCUT2D eigenvalue weighted by Gasteiger charge is 2.29. The zero-order valence-electron chi connectivity index (χ0n) is 15.7. The molecule has 1 aliphatic heterocycles. The normalized spacial score (nSPS) is 15.3. The molecular formula is C19H20FN3O5S. The molecule has 1 amide bonds. The van der Waals surface area contributed by atoms with Crippen molar-refractivity contribution >= 4 is 21.4 Å². The topological polar surface area (TPSA) is 101 Å². The molecule has 0 aromatic heterocycles. The molecule has 154 valence electrons. The van der Waals surface area contributed by atoms with Gasteiger partial charge in [-0.2, -0.15) is 0 Å². The molecule has 29 heavy (non-hydrogen) atoms. The summed E-state index contributed by atoms with van der Waals surface area (Å²) in [6.45, 7) is 2.35. The summed E-state index contributed by atoms with van der Waals surface area (Å²) in [6, 6.07) is 8.40. The molecule has 1 aliphatic rings. The van der Waals surface area contributed by atoms with Crippen molar-refractivity contribution in [1.29, 1.82) is 0 Å². The van der Waals surface area contributed by atoms with Crippen LogP contribution in [-0.4, -0.2) is 62.3 Å². The smallest absolute Gasteiger partial charge is 0.288 e. The number of nitro groups is 1. The molecule has 0 spiro atoms. The molecule has 1 heterocycles. The van der Waals surface area contributed by atoms with E-state index in [2.05, 4.69) is 4.90 Å². The first-order chi connectivity index (χ1) is 13.7. The van der Waals surface area contributed by atoms with Gasteiger partial charge in [0.15, 0.2) is 9.84 Å².